The maximum absolute atomic E-state index is 13.0. The quantitative estimate of drug-likeness (QED) is 0.805. The van der Waals surface area contributed by atoms with Crippen LogP contribution in [0.5, 0.6) is 0 Å². The summed E-state index contributed by atoms with van der Waals surface area (Å²) < 4.78 is 29.2. The van der Waals surface area contributed by atoms with Crippen LogP contribution in [0.15, 0.2) is 47.9 Å². The summed E-state index contributed by atoms with van der Waals surface area (Å²) in [5.41, 5.74) is 1.17. The van der Waals surface area contributed by atoms with E-state index < -0.39 is 10.0 Å². The van der Waals surface area contributed by atoms with E-state index in [1.54, 1.807) is 22.1 Å². The highest BCUT2D eigenvalue weighted by Gasteiger charge is 2.40. The van der Waals surface area contributed by atoms with Crippen LogP contribution in [0.1, 0.15) is 31.7 Å². The van der Waals surface area contributed by atoms with Gasteiger partial charge in [0.2, 0.25) is 0 Å². The molecular formula is C19H28N4O2S. The molecule has 1 aliphatic heterocycles. The molecule has 2 aromatic rings. The Morgan fingerprint density at radius 1 is 1.23 bits per heavy atom. The molecule has 0 aliphatic carbocycles. The smallest absolute Gasteiger partial charge is 0.262 e. The first-order valence-corrected chi connectivity index (χ1v) is 10.6. The van der Waals surface area contributed by atoms with E-state index in [9.17, 15) is 8.42 Å². The molecule has 142 valence electrons. The van der Waals surface area contributed by atoms with E-state index in [-0.39, 0.29) is 17.0 Å². The summed E-state index contributed by atoms with van der Waals surface area (Å²) in [7, 11) is -1.79. The van der Waals surface area contributed by atoms with Gasteiger partial charge in [-0.25, -0.2) is 13.4 Å². The van der Waals surface area contributed by atoms with Gasteiger partial charge in [0.15, 0.2) is 5.03 Å². The zero-order valence-corrected chi connectivity index (χ0v) is 16.5. The minimum absolute atomic E-state index is 0.106. The largest absolute Gasteiger partial charge is 0.339 e. The number of aromatic nitrogens is 2. The average Bonchev–Trinajstić information content (AvgIpc) is 3.23. The molecule has 2 unspecified atom stereocenters. The van der Waals surface area contributed by atoms with E-state index in [0.717, 1.165) is 13.0 Å². The Labute approximate surface area is 156 Å². The van der Waals surface area contributed by atoms with Crippen molar-refractivity contribution in [2.75, 3.05) is 19.6 Å². The summed E-state index contributed by atoms with van der Waals surface area (Å²) in [5, 5.41) is 3.71. The zero-order valence-electron chi connectivity index (χ0n) is 15.7. The number of hydrogen-bond donors (Lipinski definition) is 1. The molecule has 0 bridgehead atoms. The van der Waals surface area contributed by atoms with Crippen LogP contribution in [0.25, 0.3) is 0 Å². The van der Waals surface area contributed by atoms with Crippen molar-refractivity contribution in [2.24, 2.45) is 13.0 Å². The van der Waals surface area contributed by atoms with Crippen LogP contribution in [-0.4, -0.2) is 48.0 Å². The Hall–Kier alpha value is -1.70. The summed E-state index contributed by atoms with van der Waals surface area (Å²) in [5.74, 6) is 0.759. The summed E-state index contributed by atoms with van der Waals surface area (Å²) in [6.07, 6.45) is 4.16. The van der Waals surface area contributed by atoms with Crippen LogP contribution in [0, 0.1) is 5.92 Å². The minimum Gasteiger partial charge on any atom is -0.339 e. The predicted molar refractivity (Wildman–Crippen MR) is 102 cm³/mol. The van der Waals surface area contributed by atoms with Crippen LogP contribution >= 0.6 is 0 Å². The Morgan fingerprint density at radius 2 is 1.96 bits per heavy atom. The second-order valence-corrected chi connectivity index (χ2v) is 9.34. The van der Waals surface area contributed by atoms with Crippen molar-refractivity contribution in [3.05, 3.63) is 48.4 Å². The van der Waals surface area contributed by atoms with Gasteiger partial charge in [-0.1, -0.05) is 44.2 Å². The third-order valence-corrected chi connectivity index (χ3v) is 6.65. The van der Waals surface area contributed by atoms with Crippen molar-refractivity contribution < 1.29 is 8.42 Å². The molecule has 0 saturated carbocycles. The van der Waals surface area contributed by atoms with Gasteiger partial charge in [0, 0.05) is 38.3 Å². The summed E-state index contributed by atoms with van der Waals surface area (Å²) in [4.78, 5) is 4.05. The van der Waals surface area contributed by atoms with Gasteiger partial charge in [-0.05, 0) is 24.4 Å². The van der Waals surface area contributed by atoms with Crippen molar-refractivity contribution in [1.29, 1.82) is 0 Å². The Morgan fingerprint density at radius 3 is 2.58 bits per heavy atom. The number of imidazole rings is 1. The van der Waals surface area contributed by atoms with Crippen LogP contribution in [0.3, 0.4) is 0 Å². The van der Waals surface area contributed by atoms with Gasteiger partial charge < -0.3 is 9.88 Å². The van der Waals surface area contributed by atoms with Gasteiger partial charge in [0.05, 0.1) is 6.33 Å². The molecule has 26 heavy (non-hydrogen) atoms. The second kappa shape index (κ2) is 7.90. The summed E-state index contributed by atoms with van der Waals surface area (Å²) in [6.45, 7) is 6.23. The van der Waals surface area contributed by atoms with Gasteiger partial charge in [-0.2, -0.15) is 4.31 Å². The molecule has 1 aliphatic rings. The summed E-state index contributed by atoms with van der Waals surface area (Å²) >= 11 is 0. The van der Waals surface area contributed by atoms with E-state index in [0.29, 0.717) is 19.0 Å². The first kappa shape index (κ1) is 19.1. The highest BCUT2D eigenvalue weighted by Crippen LogP contribution is 2.31. The van der Waals surface area contributed by atoms with E-state index in [1.807, 2.05) is 18.2 Å². The van der Waals surface area contributed by atoms with E-state index in [4.69, 9.17) is 0 Å². The average molecular weight is 377 g/mol. The molecule has 3 rings (SSSR count). The zero-order chi connectivity index (χ0) is 18.7. The Kier molecular flexibility index (Phi) is 5.79. The molecule has 7 heteroatoms. The van der Waals surface area contributed by atoms with Crippen molar-refractivity contribution >= 4 is 10.0 Å². The molecular weight excluding hydrogens is 348 g/mol. The van der Waals surface area contributed by atoms with Gasteiger partial charge in [0.25, 0.3) is 10.0 Å². The van der Waals surface area contributed by atoms with Gasteiger partial charge in [-0.3, -0.25) is 0 Å². The number of nitrogens with one attached hydrogen (secondary N) is 1. The minimum atomic E-state index is -3.57. The number of sulfonamides is 1. The number of aryl methyl sites for hydroxylation is 1. The molecule has 6 nitrogen and oxygen atoms in total. The van der Waals surface area contributed by atoms with Crippen LogP contribution in [0.2, 0.25) is 0 Å². The molecule has 2 heterocycles. The van der Waals surface area contributed by atoms with Gasteiger partial charge >= 0.3 is 0 Å². The fourth-order valence-corrected chi connectivity index (χ4v) is 4.88. The van der Waals surface area contributed by atoms with Gasteiger partial charge in [-0.15, -0.1) is 0 Å². The SMILES string of the molecule is CC(C)CCNC1CN(S(=O)(=O)c2cn(C)cn2)CC1c1ccccc1. The monoisotopic (exact) mass is 376 g/mol. The molecule has 0 amide bonds. The Balaban J connectivity index is 1.81. The molecule has 1 aromatic carbocycles. The topological polar surface area (TPSA) is 67.2 Å². The maximum atomic E-state index is 13.0. The second-order valence-electron chi connectivity index (χ2n) is 7.46. The van der Waals surface area contributed by atoms with Crippen molar-refractivity contribution in [3.8, 4) is 0 Å². The molecule has 0 spiro atoms. The lowest BCUT2D eigenvalue weighted by Crippen LogP contribution is -2.37. The molecule has 1 fully saturated rings. The molecule has 1 aromatic heterocycles. The molecule has 0 radical (unpaired) electrons. The fraction of sp³-hybridized carbons (Fsp3) is 0.526. The fourth-order valence-electron chi connectivity index (χ4n) is 3.42. The lowest BCUT2D eigenvalue weighted by atomic mass is 9.94. The number of hydrogen-bond acceptors (Lipinski definition) is 4. The van der Waals surface area contributed by atoms with Crippen molar-refractivity contribution in [1.82, 2.24) is 19.2 Å². The lowest BCUT2D eigenvalue weighted by molar-refractivity contribution is 0.440. The van der Waals surface area contributed by atoms with Crippen molar-refractivity contribution in [2.45, 2.75) is 37.3 Å². The van der Waals surface area contributed by atoms with E-state index >= 15 is 0 Å². The number of nitrogens with zero attached hydrogens (tertiary/aromatic N) is 3. The third kappa shape index (κ3) is 4.16. The summed E-state index contributed by atoms with van der Waals surface area (Å²) in [6, 6.07) is 10.3. The molecule has 1 saturated heterocycles. The Bertz CT molecular complexity index is 817. The molecule has 1 N–H and O–H groups in total. The van der Waals surface area contributed by atoms with Gasteiger partial charge in [0.1, 0.15) is 0 Å². The number of benzene rings is 1. The normalized spacial score (nSPS) is 21.5. The van der Waals surface area contributed by atoms with E-state index in [2.05, 4.69) is 36.3 Å². The van der Waals surface area contributed by atoms with Crippen LogP contribution in [0.4, 0.5) is 0 Å². The first-order chi connectivity index (χ1) is 12.4. The highest BCUT2D eigenvalue weighted by molar-refractivity contribution is 7.89. The predicted octanol–water partition coefficient (Wildman–Crippen LogP) is 2.21. The van der Waals surface area contributed by atoms with Crippen molar-refractivity contribution in [3.63, 3.8) is 0 Å². The standard InChI is InChI=1S/C19H28N4O2S/c1-15(2)9-10-20-18-12-23(11-17(18)16-7-5-4-6-8-16)26(24,25)19-13-22(3)14-21-19/h4-8,13-15,17-18,20H,9-12H2,1-3H3. The van der Waals surface area contributed by atoms with Crippen LogP contribution < -0.4 is 5.32 Å². The number of rotatable bonds is 7. The molecule has 2 atom stereocenters. The van der Waals surface area contributed by atoms with E-state index in [1.165, 1.54) is 11.9 Å². The maximum Gasteiger partial charge on any atom is 0.262 e. The lowest BCUT2D eigenvalue weighted by Gasteiger charge is -2.20. The third-order valence-electron chi connectivity index (χ3n) is 4.93. The first-order valence-electron chi connectivity index (χ1n) is 9.14. The van der Waals surface area contributed by atoms with Crippen LogP contribution in [-0.2, 0) is 17.1 Å². The highest BCUT2D eigenvalue weighted by atomic mass is 32.2.